The lowest BCUT2D eigenvalue weighted by atomic mass is 10.2. The summed E-state index contributed by atoms with van der Waals surface area (Å²) in [5.74, 6) is -2.12. The van der Waals surface area contributed by atoms with E-state index >= 15 is 0 Å². The minimum atomic E-state index is -4.65. The number of carbonyl (C=O) groups is 1. The number of rotatable bonds is 3. The SMILES string of the molecule is O=C(Nc1ccc(F)c([N+](=O)[O-])c1)c1cc(C(F)(F)F)ccn1. The van der Waals surface area contributed by atoms with Crippen LogP contribution in [0.2, 0.25) is 0 Å². The lowest BCUT2D eigenvalue weighted by Gasteiger charge is -2.08. The van der Waals surface area contributed by atoms with Crippen molar-refractivity contribution >= 4 is 17.3 Å². The van der Waals surface area contributed by atoms with Gasteiger partial charge in [-0.2, -0.15) is 17.6 Å². The van der Waals surface area contributed by atoms with Gasteiger partial charge in [-0.3, -0.25) is 19.9 Å². The molecule has 120 valence electrons. The molecule has 0 spiro atoms. The average Bonchev–Trinajstić information content (AvgIpc) is 2.48. The normalized spacial score (nSPS) is 11.1. The molecule has 0 atom stereocenters. The predicted octanol–water partition coefficient (Wildman–Crippen LogP) is 3.40. The van der Waals surface area contributed by atoms with Gasteiger partial charge in [0.2, 0.25) is 5.82 Å². The Balaban J connectivity index is 2.26. The van der Waals surface area contributed by atoms with Crippen molar-refractivity contribution in [3.05, 3.63) is 63.7 Å². The average molecular weight is 329 g/mol. The number of alkyl halides is 3. The molecule has 2 aromatic rings. The fourth-order valence-electron chi connectivity index (χ4n) is 1.66. The molecule has 23 heavy (non-hydrogen) atoms. The summed E-state index contributed by atoms with van der Waals surface area (Å²) in [5, 5.41) is 12.7. The second-order valence-corrected chi connectivity index (χ2v) is 4.30. The number of anilines is 1. The third-order valence-electron chi connectivity index (χ3n) is 2.72. The van der Waals surface area contributed by atoms with Crippen LogP contribution in [-0.2, 0) is 6.18 Å². The van der Waals surface area contributed by atoms with Gasteiger partial charge in [0, 0.05) is 18.0 Å². The van der Waals surface area contributed by atoms with Crippen LogP contribution in [0.4, 0.5) is 28.9 Å². The van der Waals surface area contributed by atoms with E-state index in [1.807, 2.05) is 0 Å². The van der Waals surface area contributed by atoms with Crippen molar-refractivity contribution in [3.8, 4) is 0 Å². The molecule has 1 aromatic heterocycles. The highest BCUT2D eigenvalue weighted by atomic mass is 19.4. The minimum absolute atomic E-state index is 0.151. The summed E-state index contributed by atoms with van der Waals surface area (Å²) < 4.78 is 50.9. The Morgan fingerprint density at radius 1 is 1.22 bits per heavy atom. The van der Waals surface area contributed by atoms with Crippen LogP contribution >= 0.6 is 0 Å². The van der Waals surface area contributed by atoms with Gasteiger partial charge in [0.25, 0.3) is 5.91 Å². The molecule has 0 bridgehead atoms. The van der Waals surface area contributed by atoms with Gasteiger partial charge in [-0.25, -0.2) is 0 Å². The summed E-state index contributed by atoms with van der Waals surface area (Å²) in [4.78, 5) is 25.0. The Kier molecular flexibility index (Phi) is 4.25. The van der Waals surface area contributed by atoms with Crippen LogP contribution in [0, 0.1) is 15.9 Å². The Hall–Kier alpha value is -3.04. The predicted molar refractivity (Wildman–Crippen MR) is 70.2 cm³/mol. The summed E-state index contributed by atoms with van der Waals surface area (Å²) in [6.45, 7) is 0. The number of nitrogens with one attached hydrogen (secondary N) is 1. The molecule has 6 nitrogen and oxygen atoms in total. The Bertz CT molecular complexity index is 777. The first-order valence-corrected chi connectivity index (χ1v) is 5.97. The fourth-order valence-corrected chi connectivity index (χ4v) is 1.66. The Labute approximate surface area is 125 Å². The van der Waals surface area contributed by atoms with Crippen molar-refractivity contribution in [1.82, 2.24) is 4.98 Å². The third kappa shape index (κ3) is 3.78. The molecule has 0 aliphatic carbocycles. The summed E-state index contributed by atoms with van der Waals surface area (Å²) >= 11 is 0. The molecule has 0 unspecified atom stereocenters. The van der Waals surface area contributed by atoms with Crippen molar-refractivity contribution in [3.63, 3.8) is 0 Å². The van der Waals surface area contributed by atoms with Crippen LogP contribution < -0.4 is 5.32 Å². The first-order valence-electron chi connectivity index (χ1n) is 5.97. The van der Waals surface area contributed by atoms with Gasteiger partial charge in [-0.15, -0.1) is 0 Å². The molecule has 0 aliphatic rings. The van der Waals surface area contributed by atoms with E-state index in [2.05, 4.69) is 10.3 Å². The zero-order valence-corrected chi connectivity index (χ0v) is 11.1. The standard InChI is InChI=1S/C13H7F4N3O3/c14-9-2-1-8(6-11(9)20(22)23)19-12(21)10-5-7(3-4-18-10)13(15,16)17/h1-6H,(H,19,21). The van der Waals surface area contributed by atoms with Gasteiger partial charge in [0.15, 0.2) is 0 Å². The van der Waals surface area contributed by atoms with Crippen molar-refractivity contribution in [2.75, 3.05) is 5.32 Å². The molecule has 0 aliphatic heterocycles. The van der Waals surface area contributed by atoms with E-state index in [1.54, 1.807) is 0 Å². The number of halogens is 4. The molecule has 0 saturated heterocycles. The van der Waals surface area contributed by atoms with Crippen molar-refractivity contribution in [2.24, 2.45) is 0 Å². The van der Waals surface area contributed by atoms with Crippen molar-refractivity contribution in [1.29, 1.82) is 0 Å². The maximum absolute atomic E-state index is 13.2. The van der Waals surface area contributed by atoms with Gasteiger partial charge >= 0.3 is 11.9 Å². The smallest absolute Gasteiger partial charge is 0.320 e. The molecule has 1 amide bonds. The molecule has 1 N–H and O–H groups in total. The third-order valence-corrected chi connectivity index (χ3v) is 2.72. The summed E-state index contributed by atoms with van der Waals surface area (Å²) in [6.07, 6.45) is -3.84. The number of carbonyl (C=O) groups excluding carboxylic acids is 1. The number of hydrogen-bond donors (Lipinski definition) is 1. The van der Waals surface area contributed by atoms with E-state index in [9.17, 15) is 32.5 Å². The van der Waals surface area contributed by atoms with E-state index in [-0.39, 0.29) is 5.69 Å². The molecule has 1 heterocycles. The zero-order chi connectivity index (χ0) is 17.2. The molecule has 1 aromatic carbocycles. The molecular formula is C13H7F4N3O3. The van der Waals surface area contributed by atoms with Gasteiger partial charge in [-0.1, -0.05) is 0 Å². The van der Waals surface area contributed by atoms with Crippen LogP contribution in [0.15, 0.2) is 36.5 Å². The topological polar surface area (TPSA) is 85.1 Å². The molecule has 10 heteroatoms. The largest absolute Gasteiger partial charge is 0.416 e. The van der Waals surface area contributed by atoms with E-state index in [0.29, 0.717) is 12.1 Å². The number of nitro benzene ring substituents is 1. The number of pyridine rings is 1. The second-order valence-electron chi connectivity index (χ2n) is 4.30. The summed E-state index contributed by atoms with van der Waals surface area (Å²) in [7, 11) is 0. The Morgan fingerprint density at radius 2 is 1.91 bits per heavy atom. The highest BCUT2D eigenvalue weighted by Crippen LogP contribution is 2.29. The number of nitro groups is 1. The zero-order valence-electron chi connectivity index (χ0n) is 11.1. The molecular weight excluding hydrogens is 322 g/mol. The molecule has 0 saturated carbocycles. The van der Waals surface area contributed by atoms with E-state index in [4.69, 9.17) is 0 Å². The molecule has 2 rings (SSSR count). The van der Waals surface area contributed by atoms with Crippen molar-refractivity contribution < 1.29 is 27.3 Å². The number of aromatic nitrogens is 1. The van der Waals surface area contributed by atoms with Gasteiger partial charge < -0.3 is 5.32 Å². The summed E-state index contributed by atoms with van der Waals surface area (Å²) in [5.41, 5.74) is -2.63. The Morgan fingerprint density at radius 3 is 2.52 bits per heavy atom. The monoisotopic (exact) mass is 329 g/mol. The van der Waals surface area contributed by atoms with E-state index in [0.717, 1.165) is 24.4 Å². The number of hydrogen-bond acceptors (Lipinski definition) is 4. The first-order chi connectivity index (χ1) is 10.7. The van der Waals surface area contributed by atoms with Crippen LogP contribution in [0.3, 0.4) is 0 Å². The quantitative estimate of drug-likeness (QED) is 0.531. The van der Waals surface area contributed by atoms with Crippen LogP contribution in [0.25, 0.3) is 0 Å². The van der Waals surface area contributed by atoms with Gasteiger partial charge in [-0.05, 0) is 24.3 Å². The number of nitrogens with zero attached hydrogens (tertiary/aromatic N) is 2. The second kappa shape index (κ2) is 5.99. The van der Waals surface area contributed by atoms with E-state index < -0.39 is 39.8 Å². The highest BCUT2D eigenvalue weighted by molar-refractivity contribution is 6.03. The fraction of sp³-hybridized carbons (Fsp3) is 0.0769. The summed E-state index contributed by atoms with van der Waals surface area (Å²) in [6, 6.07) is 3.77. The highest BCUT2D eigenvalue weighted by Gasteiger charge is 2.31. The minimum Gasteiger partial charge on any atom is -0.320 e. The lowest BCUT2D eigenvalue weighted by Crippen LogP contribution is -2.15. The maximum atomic E-state index is 13.2. The van der Waals surface area contributed by atoms with Crippen LogP contribution in [0.5, 0.6) is 0 Å². The lowest BCUT2D eigenvalue weighted by molar-refractivity contribution is -0.387. The van der Waals surface area contributed by atoms with E-state index in [1.165, 1.54) is 0 Å². The molecule has 0 fully saturated rings. The van der Waals surface area contributed by atoms with Gasteiger partial charge in [0.1, 0.15) is 5.69 Å². The van der Waals surface area contributed by atoms with Crippen molar-refractivity contribution in [2.45, 2.75) is 6.18 Å². The molecule has 0 radical (unpaired) electrons. The number of benzene rings is 1. The van der Waals surface area contributed by atoms with Gasteiger partial charge in [0.05, 0.1) is 10.5 Å². The number of amides is 1. The first kappa shape index (κ1) is 16.3. The van der Waals surface area contributed by atoms with Crippen LogP contribution in [-0.4, -0.2) is 15.8 Å². The van der Waals surface area contributed by atoms with Crippen LogP contribution in [0.1, 0.15) is 16.1 Å². The maximum Gasteiger partial charge on any atom is 0.416 e.